The van der Waals surface area contributed by atoms with E-state index in [0.29, 0.717) is 11.4 Å². The molecule has 0 saturated heterocycles. The highest BCUT2D eigenvalue weighted by Crippen LogP contribution is 2.25. The first kappa shape index (κ1) is 12.2. The van der Waals surface area contributed by atoms with Gasteiger partial charge in [0.25, 0.3) is 5.91 Å². The Morgan fingerprint density at radius 3 is 2.90 bits per heavy atom. The predicted molar refractivity (Wildman–Crippen MR) is 76.7 cm³/mol. The van der Waals surface area contributed by atoms with Crippen LogP contribution in [0.3, 0.4) is 0 Å². The SMILES string of the molecule is CNC(=O)c1ccn(-c2c(N)cnc3ccccc23)n1. The van der Waals surface area contributed by atoms with Crippen molar-refractivity contribution in [1.82, 2.24) is 20.1 Å². The lowest BCUT2D eigenvalue weighted by molar-refractivity contribution is 0.0957. The molecule has 0 fully saturated rings. The van der Waals surface area contributed by atoms with Gasteiger partial charge in [-0.3, -0.25) is 9.78 Å². The van der Waals surface area contributed by atoms with Crippen molar-refractivity contribution in [2.24, 2.45) is 0 Å². The summed E-state index contributed by atoms with van der Waals surface area (Å²) in [5, 5.41) is 7.69. The molecule has 0 radical (unpaired) electrons. The van der Waals surface area contributed by atoms with E-state index >= 15 is 0 Å². The van der Waals surface area contributed by atoms with Gasteiger partial charge in [-0.1, -0.05) is 18.2 Å². The Morgan fingerprint density at radius 1 is 1.30 bits per heavy atom. The number of aromatic nitrogens is 3. The molecular weight excluding hydrogens is 254 g/mol. The molecule has 6 nitrogen and oxygen atoms in total. The lowest BCUT2D eigenvalue weighted by Gasteiger charge is -2.09. The monoisotopic (exact) mass is 267 g/mol. The van der Waals surface area contributed by atoms with Crippen molar-refractivity contribution in [2.75, 3.05) is 12.8 Å². The summed E-state index contributed by atoms with van der Waals surface area (Å²) < 4.78 is 1.60. The molecule has 6 heteroatoms. The number of benzene rings is 1. The Labute approximate surface area is 115 Å². The first-order valence-electron chi connectivity index (χ1n) is 6.12. The van der Waals surface area contributed by atoms with Gasteiger partial charge in [0.15, 0.2) is 5.69 Å². The number of carbonyl (C=O) groups excluding carboxylic acids is 1. The van der Waals surface area contributed by atoms with Crippen LogP contribution in [-0.2, 0) is 0 Å². The molecule has 0 bridgehead atoms. The molecule has 3 aromatic rings. The van der Waals surface area contributed by atoms with Gasteiger partial charge in [0, 0.05) is 18.6 Å². The fourth-order valence-electron chi connectivity index (χ4n) is 2.10. The standard InChI is InChI=1S/C14H13N5O/c1-16-14(20)12-6-7-19(18-12)13-9-4-2-3-5-11(9)17-8-10(13)15/h2-8H,15H2,1H3,(H,16,20). The number of para-hydroxylation sites is 1. The molecule has 2 heterocycles. The fraction of sp³-hybridized carbons (Fsp3) is 0.0714. The number of hydrogen-bond acceptors (Lipinski definition) is 4. The van der Waals surface area contributed by atoms with E-state index in [1.807, 2.05) is 24.3 Å². The summed E-state index contributed by atoms with van der Waals surface area (Å²) in [4.78, 5) is 15.9. The number of nitrogen functional groups attached to an aromatic ring is 1. The molecule has 1 aromatic carbocycles. The number of fused-ring (bicyclic) bond motifs is 1. The molecule has 0 atom stereocenters. The number of rotatable bonds is 2. The number of hydrogen-bond donors (Lipinski definition) is 2. The van der Waals surface area contributed by atoms with Gasteiger partial charge in [0.05, 0.1) is 23.1 Å². The Balaban J connectivity index is 2.21. The Morgan fingerprint density at radius 2 is 2.10 bits per heavy atom. The van der Waals surface area contributed by atoms with Crippen LogP contribution >= 0.6 is 0 Å². The van der Waals surface area contributed by atoms with Gasteiger partial charge < -0.3 is 11.1 Å². The summed E-state index contributed by atoms with van der Waals surface area (Å²) in [5.74, 6) is -0.235. The summed E-state index contributed by atoms with van der Waals surface area (Å²) >= 11 is 0. The summed E-state index contributed by atoms with van der Waals surface area (Å²) in [7, 11) is 1.57. The van der Waals surface area contributed by atoms with Gasteiger partial charge in [-0.05, 0) is 12.1 Å². The maximum atomic E-state index is 11.6. The highest BCUT2D eigenvalue weighted by Gasteiger charge is 2.12. The van der Waals surface area contributed by atoms with Crippen molar-refractivity contribution in [3.8, 4) is 5.69 Å². The third-order valence-corrected chi connectivity index (χ3v) is 3.05. The largest absolute Gasteiger partial charge is 0.396 e. The van der Waals surface area contributed by atoms with Gasteiger partial charge in [0.1, 0.15) is 0 Å². The van der Waals surface area contributed by atoms with E-state index in [-0.39, 0.29) is 5.91 Å². The Hall–Kier alpha value is -2.89. The number of nitrogens with one attached hydrogen (secondary N) is 1. The van der Waals surface area contributed by atoms with Crippen LogP contribution < -0.4 is 11.1 Å². The van der Waals surface area contributed by atoms with Gasteiger partial charge in [-0.2, -0.15) is 5.10 Å². The lowest BCUT2D eigenvalue weighted by atomic mass is 10.1. The zero-order valence-corrected chi connectivity index (χ0v) is 10.9. The molecule has 0 aliphatic heterocycles. The van der Waals surface area contributed by atoms with Crippen LogP contribution in [0.4, 0.5) is 5.69 Å². The second-order valence-electron chi connectivity index (χ2n) is 4.30. The zero-order valence-electron chi connectivity index (χ0n) is 10.9. The molecular formula is C14H13N5O. The molecule has 0 aliphatic carbocycles. The summed E-state index contributed by atoms with van der Waals surface area (Å²) in [6.07, 6.45) is 3.31. The summed E-state index contributed by atoms with van der Waals surface area (Å²) in [5.41, 5.74) is 8.42. The molecule has 0 spiro atoms. The van der Waals surface area contributed by atoms with Crippen LogP contribution in [-0.4, -0.2) is 27.7 Å². The van der Waals surface area contributed by atoms with E-state index < -0.39 is 0 Å². The van der Waals surface area contributed by atoms with Crippen molar-refractivity contribution < 1.29 is 4.79 Å². The van der Waals surface area contributed by atoms with Crippen LogP contribution in [0, 0.1) is 0 Å². The minimum Gasteiger partial charge on any atom is -0.396 e. The topological polar surface area (TPSA) is 85.8 Å². The maximum absolute atomic E-state index is 11.6. The van der Waals surface area contributed by atoms with Crippen LogP contribution in [0.25, 0.3) is 16.6 Å². The molecule has 100 valence electrons. The first-order chi connectivity index (χ1) is 9.70. The third kappa shape index (κ3) is 1.87. The van der Waals surface area contributed by atoms with Crippen LogP contribution in [0.15, 0.2) is 42.7 Å². The van der Waals surface area contributed by atoms with E-state index in [1.165, 1.54) is 0 Å². The molecule has 3 rings (SSSR count). The third-order valence-electron chi connectivity index (χ3n) is 3.05. The van der Waals surface area contributed by atoms with Crippen LogP contribution in [0.5, 0.6) is 0 Å². The zero-order chi connectivity index (χ0) is 14.1. The van der Waals surface area contributed by atoms with Crippen molar-refractivity contribution in [3.63, 3.8) is 0 Å². The van der Waals surface area contributed by atoms with Gasteiger partial charge in [0.2, 0.25) is 0 Å². The van der Waals surface area contributed by atoms with Gasteiger partial charge in [-0.15, -0.1) is 0 Å². The average molecular weight is 267 g/mol. The maximum Gasteiger partial charge on any atom is 0.271 e. The summed E-state index contributed by atoms with van der Waals surface area (Å²) in [6.45, 7) is 0. The first-order valence-corrected chi connectivity index (χ1v) is 6.12. The van der Waals surface area contributed by atoms with E-state index in [0.717, 1.165) is 16.6 Å². The lowest BCUT2D eigenvalue weighted by Crippen LogP contribution is -2.18. The van der Waals surface area contributed by atoms with Crippen molar-refractivity contribution >= 4 is 22.5 Å². The quantitative estimate of drug-likeness (QED) is 0.734. The predicted octanol–water partition coefficient (Wildman–Crippen LogP) is 1.36. The van der Waals surface area contributed by atoms with Crippen molar-refractivity contribution in [3.05, 3.63) is 48.4 Å². The van der Waals surface area contributed by atoms with Crippen LogP contribution in [0.1, 0.15) is 10.5 Å². The van der Waals surface area contributed by atoms with Gasteiger partial charge >= 0.3 is 0 Å². The van der Waals surface area contributed by atoms with E-state index in [2.05, 4.69) is 15.4 Å². The number of carbonyl (C=O) groups is 1. The molecule has 1 amide bonds. The minimum absolute atomic E-state index is 0.235. The molecule has 3 N–H and O–H groups in total. The van der Waals surface area contributed by atoms with E-state index in [4.69, 9.17) is 5.73 Å². The highest BCUT2D eigenvalue weighted by molar-refractivity contribution is 5.93. The van der Waals surface area contributed by atoms with E-state index in [1.54, 1.807) is 30.2 Å². The van der Waals surface area contributed by atoms with Gasteiger partial charge in [-0.25, -0.2) is 4.68 Å². The normalized spacial score (nSPS) is 10.7. The second kappa shape index (κ2) is 4.65. The van der Waals surface area contributed by atoms with E-state index in [9.17, 15) is 4.79 Å². The van der Waals surface area contributed by atoms with Crippen molar-refractivity contribution in [2.45, 2.75) is 0 Å². The second-order valence-corrected chi connectivity index (χ2v) is 4.30. The number of pyridine rings is 1. The van der Waals surface area contributed by atoms with Crippen molar-refractivity contribution in [1.29, 1.82) is 0 Å². The molecule has 0 saturated carbocycles. The minimum atomic E-state index is -0.235. The molecule has 2 aromatic heterocycles. The number of anilines is 1. The molecule has 20 heavy (non-hydrogen) atoms. The van der Waals surface area contributed by atoms with Crippen LogP contribution in [0.2, 0.25) is 0 Å². The Kier molecular flexibility index (Phi) is 2.83. The smallest absolute Gasteiger partial charge is 0.271 e. The number of amides is 1. The number of nitrogens with two attached hydrogens (primary N) is 1. The summed E-state index contributed by atoms with van der Waals surface area (Å²) in [6, 6.07) is 9.30. The average Bonchev–Trinajstić information content (AvgIpc) is 2.95. The molecule has 0 unspecified atom stereocenters. The molecule has 0 aliphatic rings. The fourth-order valence-corrected chi connectivity index (χ4v) is 2.10. The number of nitrogens with zero attached hydrogens (tertiary/aromatic N) is 3. The Bertz CT molecular complexity index is 793. The highest BCUT2D eigenvalue weighted by atomic mass is 16.1.